The Bertz CT molecular complexity index is 476. The molecule has 0 radical (unpaired) electrons. The highest BCUT2D eigenvalue weighted by Gasteiger charge is 2.22. The second-order valence-electron chi connectivity index (χ2n) is 5.49. The third-order valence-corrected chi connectivity index (χ3v) is 4.00. The molecule has 1 fully saturated rings. The van der Waals surface area contributed by atoms with Crippen LogP contribution < -0.4 is 0 Å². The minimum absolute atomic E-state index is 0.211. The molecule has 20 heavy (non-hydrogen) atoms. The lowest BCUT2D eigenvalue weighted by atomic mass is 9.91. The van der Waals surface area contributed by atoms with Gasteiger partial charge < -0.3 is 4.90 Å². The van der Waals surface area contributed by atoms with Crippen molar-refractivity contribution in [3.8, 4) is 0 Å². The predicted molar refractivity (Wildman–Crippen MR) is 74.3 cm³/mol. The zero-order chi connectivity index (χ0) is 14.5. The normalized spacial score (nSPS) is 19.1. The average Bonchev–Trinajstić information content (AvgIpc) is 2.48. The minimum Gasteiger partial charge on any atom is -0.342 e. The molecule has 2 nitrogen and oxygen atoms in total. The SMILES string of the molecule is CCC(=O)N1CCC[C@H](CCc2ccc(F)c(F)c2)C1. The number of benzene rings is 1. The number of hydrogen-bond donors (Lipinski definition) is 0. The van der Waals surface area contributed by atoms with Crippen molar-refractivity contribution < 1.29 is 13.6 Å². The lowest BCUT2D eigenvalue weighted by molar-refractivity contribution is -0.132. The zero-order valence-corrected chi connectivity index (χ0v) is 11.9. The maximum absolute atomic E-state index is 13.1. The van der Waals surface area contributed by atoms with E-state index in [4.69, 9.17) is 0 Å². The summed E-state index contributed by atoms with van der Waals surface area (Å²) in [6, 6.07) is 4.09. The van der Waals surface area contributed by atoms with Gasteiger partial charge in [0.1, 0.15) is 0 Å². The Labute approximate surface area is 118 Å². The van der Waals surface area contributed by atoms with Crippen LogP contribution >= 0.6 is 0 Å². The first-order valence-corrected chi connectivity index (χ1v) is 7.32. The fourth-order valence-electron chi connectivity index (χ4n) is 2.82. The van der Waals surface area contributed by atoms with Crippen molar-refractivity contribution >= 4 is 5.91 Å². The number of nitrogens with zero attached hydrogens (tertiary/aromatic N) is 1. The summed E-state index contributed by atoms with van der Waals surface area (Å²) >= 11 is 0. The summed E-state index contributed by atoms with van der Waals surface area (Å²) in [5, 5.41) is 0. The molecule has 1 aliphatic rings. The van der Waals surface area contributed by atoms with Gasteiger partial charge in [-0.25, -0.2) is 8.78 Å². The van der Waals surface area contributed by atoms with Crippen molar-refractivity contribution in [3.63, 3.8) is 0 Å². The van der Waals surface area contributed by atoms with Crippen LogP contribution in [0, 0.1) is 17.6 Å². The molecule has 1 saturated heterocycles. The van der Waals surface area contributed by atoms with Crippen molar-refractivity contribution in [2.75, 3.05) is 13.1 Å². The number of aryl methyl sites for hydroxylation is 1. The summed E-state index contributed by atoms with van der Waals surface area (Å²) in [5.74, 6) is -0.907. The topological polar surface area (TPSA) is 20.3 Å². The van der Waals surface area contributed by atoms with Crippen molar-refractivity contribution in [2.24, 2.45) is 5.92 Å². The summed E-state index contributed by atoms with van der Waals surface area (Å²) in [6.07, 6.45) is 4.34. The van der Waals surface area contributed by atoms with Gasteiger partial charge in [0.15, 0.2) is 11.6 Å². The molecular formula is C16H21F2NO. The number of carbonyl (C=O) groups is 1. The molecule has 0 spiro atoms. The fraction of sp³-hybridized carbons (Fsp3) is 0.562. The highest BCUT2D eigenvalue weighted by molar-refractivity contribution is 5.75. The van der Waals surface area contributed by atoms with E-state index < -0.39 is 11.6 Å². The van der Waals surface area contributed by atoms with Crippen LogP contribution in [-0.2, 0) is 11.2 Å². The van der Waals surface area contributed by atoms with Crippen LogP contribution in [0.3, 0.4) is 0 Å². The van der Waals surface area contributed by atoms with Crippen LogP contribution in [0.4, 0.5) is 8.78 Å². The van der Waals surface area contributed by atoms with E-state index in [9.17, 15) is 13.6 Å². The molecule has 2 rings (SSSR count). The maximum Gasteiger partial charge on any atom is 0.222 e. The third-order valence-electron chi connectivity index (χ3n) is 4.00. The number of hydrogen-bond acceptors (Lipinski definition) is 1. The molecule has 0 saturated carbocycles. The summed E-state index contributed by atoms with van der Waals surface area (Å²) < 4.78 is 26.0. The lowest BCUT2D eigenvalue weighted by Gasteiger charge is -2.32. The van der Waals surface area contributed by atoms with Crippen LogP contribution in [0.15, 0.2) is 18.2 Å². The number of likely N-dealkylation sites (tertiary alicyclic amines) is 1. The molecule has 0 aliphatic carbocycles. The van der Waals surface area contributed by atoms with Crippen LogP contribution in [-0.4, -0.2) is 23.9 Å². The summed E-state index contributed by atoms with van der Waals surface area (Å²) in [5.41, 5.74) is 0.822. The van der Waals surface area contributed by atoms with Gasteiger partial charge >= 0.3 is 0 Å². The quantitative estimate of drug-likeness (QED) is 0.826. The average molecular weight is 281 g/mol. The summed E-state index contributed by atoms with van der Waals surface area (Å²) in [7, 11) is 0. The molecule has 0 bridgehead atoms. The van der Waals surface area contributed by atoms with E-state index in [0.29, 0.717) is 12.3 Å². The Balaban J connectivity index is 1.87. The second kappa shape index (κ2) is 6.82. The Kier molecular flexibility index (Phi) is 5.10. The van der Waals surface area contributed by atoms with E-state index in [0.717, 1.165) is 44.3 Å². The summed E-state index contributed by atoms with van der Waals surface area (Å²) in [6.45, 7) is 3.54. The van der Waals surface area contributed by atoms with Gasteiger partial charge in [-0.3, -0.25) is 4.79 Å². The first-order valence-electron chi connectivity index (χ1n) is 7.32. The van der Waals surface area contributed by atoms with E-state index in [-0.39, 0.29) is 5.91 Å². The molecule has 0 aromatic heterocycles. The molecule has 1 amide bonds. The van der Waals surface area contributed by atoms with Gasteiger partial charge in [0.2, 0.25) is 5.91 Å². The zero-order valence-electron chi connectivity index (χ0n) is 11.9. The van der Waals surface area contributed by atoms with Gasteiger partial charge in [-0.1, -0.05) is 13.0 Å². The molecule has 1 aromatic carbocycles. The number of amides is 1. The van der Waals surface area contributed by atoms with E-state index in [1.165, 1.54) is 12.1 Å². The van der Waals surface area contributed by atoms with E-state index >= 15 is 0 Å². The molecule has 1 aromatic rings. The third kappa shape index (κ3) is 3.78. The first kappa shape index (κ1) is 14.9. The van der Waals surface area contributed by atoms with Crippen LogP contribution in [0.5, 0.6) is 0 Å². The van der Waals surface area contributed by atoms with Crippen LogP contribution in [0.1, 0.15) is 38.2 Å². The van der Waals surface area contributed by atoms with Crippen molar-refractivity contribution in [1.29, 1.82) is 0 Å². The van der Waals surface area contributed by atoms with Crippen LogP contribution in [0.25, 0.3) is 0 Å². The van der Waals surface area contributed by atoms with Gasteiger partial charge in [0.05, 0.1) is 0 Å². The highest BCUT2D eigenvalue weighted by Crippen LogP contribution is 2.22. The van der Waals surface area contributed by atoms with Gasteiger partial charge in [-0.2, -0.15) is 0 Å². The van der Waals surface area contributed by atoms with Crippen LogP contribution in [0.2, 0.25) is 0 Å². The van der Waals surface area contributed by atoms with Crippen molar-refractivity contribution in [2.45, 2.75) is 39.0 Å². The molecule has 110 valence electrons. The van der Waals surface area contributed by atoms with E-state index in [1.54, 1.807) is 6.07 Å². The Hall–Kier alpha value is -1.45. The van der Waals surface area contributed by atoms with E-state index in [1.807, 2.05) is 11.8 Å². The fourth-order valence-corrected chi connectivity index (χ4v) is 2.82. The predicted octanol–water partition coefficient (Wildman–Crippen LogP) is 3.55. The number of rotatable bonds is 4. The molecule has 0 unspecified atom stereocenters. The Morgan fingerprint density at radius 3 is 2.85 bits per heavy atom. The second-order valence-corrected chi connectivity index (χ2v) is 5.49. The smallest absolute Gasteiger partial charge is 0.222 e. The lowest BCUT2D eigenvalue weighted by Crippen LogP contribution is -2.39. The monoisotopic (exact) mass is 281 g/mol. The largest absolute Gasteiger partial charge is 0.342 e. The van der Waals surface area contributed by atoms with E-state index in [2.05, 4.69) is 0 Å². The molecule has 1 heterocycles. The molecular weight excluding hydrogens is 260 g/mol. The molecule has 4 heteroatoms. The standard InChI is InChI=1S/C16H21F2NO/c1-2-16(20)19-9-3-4-13(11-19)6-5-12-7-8-14(17)15(18)10-12/h7-8,10,13H,2-6,9,11H2,1H3/t13-/m1/s1. The number of piperidine rings is 1. The minimum atomic E-state index is -0.800. The van der Waals surface area contributed by atoms with Crippen molar-refractivity contribution in [3.05, 3.63) is 35.4 Å². The van der Waals surface area contributed by atoms with Gasteiger partial charge in [0.25, 0.3) is 0 Å². The highest BCUT2D eigenvalue weighted by atomic mass is 19.2. The molecule has 1 atom stereocenters. The Morgan fingerprint density at radius 2 is 2.15 bits per heavy atom. The maximum atomic E-state index is 13.1. The van der Waals surface area contributed by atoms with Crippen molar-refractivity contribution in [1.82, 2.24) is 4.90 Å². The summed E-state index contributed by atoms with van der Waals surface area (Å²) in [4.78, 5) is 13.6. The molecule has 1 aliphatic heterocycles. The number of halogens is 2. The van der Waals surface area contributed by atoms with Gasteiger partial charge in [0, 0.05) is 19.5 Å². The molecule has 0 N–H and O–H groups in total. The first-order chi connectivity index (χ1) is 9.60. The van der Waals surface area contributed by atoms with Gasteiger partial charge in [-0.15, -0.1) is 0 Å². The van der Waals surface area contributed by atoms with Gasteiger partial charge in [-0.05, 0) is 49.3 Å². The Morgan fingerprint density at radius 1 is 1.35 bits per heavy atom. The number of carbonyl (C=O) groups excluding carboxylic acids is 1.